The lowest BCUT2D eigenvalue weighted by atomic mass is 10.1. The molecule has 0 heterocycles. The first kappa shape index (κ1) is 33.5. The van der Waals surface area contributed by atoms with E-state index in [1.54, 1.807) is 0 Å². The molecule has 0 saturated heterocycles. The van der Waals surface area contributed by atoms with Crippen molar-refractivity contribution in [3.8, 4) is 0 Å². The number of rotatable bonds is 23. The third-order valence-corrected chi connectivity index (χ3v) is 7.72. The van der Waals surface area contributed by atoms with Gasteiger partial charge in [-0.15, -0.1) is 0 Å². The highest BCUT2D eigenvalue weighted by Gasteiger charge is 2.48. The minimum absolute atomic E-state index is 0.0535. The maximum atomic E-state index is 11.8. The van der Waals surface area contributed by atoms with Crippen molar-refractivity contribution in [2.45, 2.75) is 128 Å². The fraction of sp³-hybridized carbons (Fsp3) is 0.857. The highest BCUT2D eigenvalue weighted by molar-refractivity contribution is 7.53. The van der Waals surface area contributed by atoms with E-state index >= 15 is 0 Å². The van der Waals surface area contributed by atoms with E-state index in [-0.39, 0.29) is 13.0 Å². The standard InChI is InChI=1S/C28H56NO4P/c1-5-6-7-8-9-10-11-12-13-14-15-16-17-18-19-20-21-22-23-24-25-26-28(30,34(31,32)33)27-29(2,3)4/h11-12,18-19,30H,5-10,13-17,20-27H2,1-4H3,(H-,31,32,33)/p+1/b12-11-,19-18-. The zero-order chi connectivity index (χ0) is 25.8. The van der Waals surface area contributed by atoms with Crippen LogP contribution in [0.2, 0.25) is 0 Å². The molecule has 0 bridgehead atoms. The third-order valence-electron chi connectivity index (χ3n) is 6.27. The van der Waals surface area contributed by atoms with Gasteiger partial charge in [-0.3, -0.25) is 4.57 Å². The molecule has 202 valence electrons. The lowest BCUT2D eigenvalue weighted by Crippen LogP contribution is -2.49. The van der Waals surface area contributed by atoms with E-state index < -0.39 is 12.9 Å². The minimum Gasteiger partial charge on any atom is -0.373 e. The van der Waals surface area contributed by atoms with E-state index in [0.717, 1.165) is 32.1 Å². The second kappa shape index (κ2) is 19.7. The van der Waals surface area contributed by atoms with Gasteiger partial charge in [0.2, 0.25) is 5.34 Å². The average molecular weight is 503 g/mol. The third kappa shape index (κ3) is 19.8. The summed E-state index contributed by atoms with van der Waals surface area (Å²) in [5.74, 6) is 0. The summed E-state index contributed by atoms with van der Waals surface area (Å²) in [5.41, 5.74) is 0. The molecule has 0 aliphatic carbocycles. The first-order valence-electron chi connectivity index (χ1n) is 13.9. The van der Waals surface area contributed by atoms with Gasteiger partial charge in [0.05, 0.1) is 21.1 Å². The van der Waals surface area contributed by atoms with E-state index in [1.807, 2.05) is 21.1 Å². The summed E-state index contributed by atoms with van der Waals surface area (Å²) in [5, 5.41) is 8.63. The van der Waals surface area contributed by atoms with Crippen molar-refractivity contribution in [3.05, 3.63) is 24.3 Å². The SMILES string of the molecule is CCCCCCC/C=C\CCCCC/C=C\CCCCCCCC(O)(C[N+](C)(C)C)P(=O)(O)O. The molecule has 0 aliphatic heterocycles. The fourth-order valence-electron chi connectivity index (χ4n) is 4.32. The van der Waals surface area contributed by atoms with Gasteiger partial charge in [0.15, 0.2) is 0 Å². The smallest absolute Gasteiger partial charge is 0.362 e. The molecule has 0 amide bonds. The van der Waals surface area contributed by atoms with Gasteiger partial charge in [-0.25, -0.2) is 0 Å². The number of likely N-dealkylation sites (N-methyl/N-ethyl adjacent to an activating group) is 1. The summed E-state index contributed by atoms with van der Waals surface area (Å²) in [6.45, 7) is 2.32. The predicted octanol–water partition coefficient (Wildman–Crippen LogP) is 7.71. The molecule has 1 unspecified atom stereocenters. The molecule has 34 heavy (non-hydrogen) atoms. The molecule has 0 aromatic rings. The van der Waals surface area contributed by atoms with E-state index in [0.29, 0.717) is 10.9 Å². The molecule has 0 radical (unpaired) electrons. The molecule has 3 N–H and O–H groups in total. The predicted molar refractivity (Wildman–Crippen MR) is 147 cm³/mol. The first-order valence-corrected chi connectivity index (χ1v) is 15.5. The Morgan fingerprint density at radius 2 is 1.00 bits per heavy atom. The van der Waals surface area contributed by atoms with Gasteiger partial charge >= 0.3 is 7.60 Å². The maximum Gasteiger partial charge on any atom is 0.362 e. The normalized spacial score (nSPS) is 14.9. The van der Waals surface area contributed by atoms with E-state index in [9.17, 15) is 19.5 Å². The molecule has 6 heteroatoms. The monoisotopic (exact) mass is 502 g/mol. The molecular formula is C28H57NO4P+. The number of aliphatic hydroxyl groups is 1. The number of hydrogen-bond donors (Lipinski definition) is 3. The molecular weight excluding hydrogens is 445 g/mol. The summed E-state index contributed by atoms with van der Waals surface area (Å²) in [7, 11) is 0.958. The maximum absolute atomic E-state index is 11.8. The lowest BCUT2D eigenvalue weighted by molar-refractivity contribution is -0.875. The van der Waals surface area contributed by atoms with Gasteiger partial charge in [0.1, 0.15) is 6.54 Å². The minimum atomic E-state index is -4.55. The van der Waals surface area contributed by atoms with E-state index in [4.69, 9.17) is 0 Å². The van der Waals surface area contributed by atoms with Crippen LogP contribution in [0.3, 0.4) is 0 Å². The van der Waals surface area contributed by atoms with Crippen LogP contribution in [0.15, 0.2) is 24.3 Å². The first-order chi connectivity index (χ1) is 16.0. The summed E-state index contributed by atoms with van der Waals surface area (Å²) < 4.78 is 12.1. The van der Waals surface area contributed by atoms with Gasteiger partial charge in [0, 0.05) is 0 Å². The number of nitrogens with zero attached hydrogens (tertiary/aromatic N) is 1. The van der Waals surface area contributed by atoms with Gasteiger partial charge in [0.25, 0.3) is 0 Å². The van der Waals surface area contributed by atoms with Gasteiger partial charge < -0.3 is 19.4 Å². The lowest BCUT2D eigenvalue weighted by Gasteiger charge is -2.35. The van der Waals surface area contributed by atoms with Crippen LogP contribution in [0.4, 0.5) is 0 Å². The average Bonchev–Trinajstić information content (AvgIpc) is 2.73. The molecule has 0 aromatic heterocycles. The Morgan fingerprint density at radius 1 is 0.647 bits per heavy atom. The van der Waals surface area contributed by atoms with Crippen molar-refractivity contribution in [3.63, 3.8) is 0 Å². The Balaban J connectivity index is 3.62. The number of hydrogen-bond acceptors (Lipinski definition) is 2. The Bertz CT molecular complexity index is 579. The van der Waals surface area contributed by atoms with Crippen molar-refractivity contribution in [2.75, 3.05) is 27.7 Å². The topological polar surface area (TPSA) is 77.8 Å². The van der Waals surface area contributed by atoms with E-state index in [2.05, 4.69) is 31.2 Å². The zero-order valence-electron chi connectivity index (χ0n) is 22.9. The Hall–Kier alpha value is -0.450. The van der Waals surface area contributed by atoms with Crippen LogP contribution in [-0.4, -0.2) is 52.4 Å². The second-order valence-electron chi connectivity index (χ2n) is 11.1. The van der Waals surface area contributed by atoms with Crippen LogP contribution in [-0.2, 0) is 4.57 Å². The summed E-state index contributed by atoms with van der Waals surface area (Å²) in [4.78, 5) is 19.2. The van der Waals surface area contributed by atoms with Crippen LogP contribution in [0, 0.1) is 0 Å². The second-order valence-corrected chi connectivity index (χ2v) is 13.0. The van der Waals surface area contributed by atoms with Crippen LogP contribution in [0.5, 0.6) is 0 Å². The van der Waals surface area contributed by atoms with Crippen molar-refractivity contribution in [1.29, 1.82) is 0 Å². The number of allylic oxidation sites excluding steroid dienone is 4. The van der Waals surface area contributed by atoms with Crippen molar-refractivity contribution in [2.24, 2.45) is 0 Å². The molecule has 5 nitrogen and oxygen atoms in total. The van der Waals surface area contributed by atoms with Crippen molar-refractivity contribution >= 4 is 7.60 Å². The highest BCUT2D eigenvalue weighted by Crippen LogP contribution is 2.52. The summed E-state index contributed by atoms with van der Waals surface area (Å²) in [6, 6.07) is 0. The highest BCUT2D eigenvalue weighted by atomic mass is 31.2. The molecule has 1 atom stereocenters. The molecule has 0 saturated carbocycles. The van der Waals surface area contributed by atoms with Crippen molar-refractivity contribution < 1.29 is 23.9 Å². The molecule has 0 spiro atoms. The number of quaternary nitrogens is 1. The van der Waals surface area contributed by atoms with Crippen LogP contribution in [0.1, 0.15) is 122 Å². The van der Waals surface area contributed by atoms with Gasteiger partial charge in [-0.2, -0.15) is 0 Å². The van der Waals surface area contributed by atoms with E-state index in [1.165, 1.54) is 70.6 Å². The summed E-state index contributed by atoms with van der Waals surface area (Å²) in [6.07, 6.45) is 29.8. The molecule has 0 rings (SSSR count). The van der Waals surface area contributed by atoms with Crippen molar-refractivity contribution in [1.82, 2.24) is 0 Å². The quantitative estimate of drug-likeness (QED) is 0.0578. The Morgan fingerprint density at radius 3 is 1.38 bits per heavy atom. The molecule has 0 fully saturated rings. The van der Waals surface area contributed by atoms with Crippen LogP contribution >= 0.6 is 7.60 Å². The fourth-order valence-corrected chi connectivity index (χ4v) is 5.37. The number of unbranched alkanes of at least 4 members (excludes halogenated alkanes) is 14. The van der Waals surface area contributed by atoms with Crippen LogP contribution in [0.25, 0.3) is 0 Å². The van der Waals surface area contributed by atoms with Gasteiger partial charge in [-0.05, 0) is 64.2 Å². The largest absolute Gasteiger partial charge is 0.373 e. The molecule has 0 aromatic carbocycles. The zero-order valence-corrected chi connectivity index (χ0v) is 23.8. The molecule has 0 aliphatic rings. The Kier molecular flexibility index (Phi) is 19.4. The summed E-state index contributed by atoms with van der Waals surface area (Å²) >= 11 is 0. The Labute approximate surface area is 211 Å². The van der Waals surface area contributed by atoms with Crippen LogP contribution < -0.4 is 0 Å². The van der Waals surface area contributed by atoms with Gasteiger partial charge in [-0.1, -0.05) is 82.6 Å².